The van der Waals surface area contributed by atoms with Gasteiger partial charge in [-0.05, 0) is 128 Å². The molecule has 0 saturated heterocycles. The molecule has 0 heterocycles. The Kier molecular flexibility index (Phi) is 30.5. The van der Waals surface area contributed by atoms with Gasteiger partial charge in [0.1, 0.15) is 5.60 Å². The summed E-state index contributed by atoms with van der Waals surface area (Å²) in [4.78, 5) is 17.0. The summed E-state index contributed by atoms with van der Waals surface area (Å²) in [6.07, 6.45) is 22.1. The van der Waals surface area contributed by atoms with Crippen molar-refractivity contribution in [1.29, 1.82) is 0 Å². The van der Waals surface area contributed by atoms with Crippen molar-refractivity contribution in [2.75, 3.05) is 16.8 Å². The van der Waals surface area contributed by atoms with Crippen LogP contribution in [0.1, 0.15) is 149 Å². The van der Waals surface area contributed by atoms with Crippen LogP contribution in [0.3, 0.4) is 0 Å². The average Bonchev–Trinajstić information content (AvgIpc) is 3.33. The van der Waals surface area contributed by atoms with Gasteiger partial charge in [-0.15, -0.1) is 0 Å². The highest BCUT2D eigenvalue weighted by Gasteiger charge is 2.26. The molecule has 0 N–H and O–H groups in total. The van der Waals surface area contributed by atoms with Gasteiger partial charge in [0.25, 0.3) is 0 Å². The molecule has 0 saturated carbocycles. The van der Waals surface area contributed by atoms with E-state index < -0.39 is 5.60 Å². The van der Waals surface area contributed by atoms with E-state index in [1.807, 2.05) is 99.7 Å². The normalized spacial score (nSPS) is 13.0. The van der Waals surface area contributed by atoms with Crippen molar-refractivity contribution in [3.63, 3.8) is 0 Å². The molecule has 1 unspecified atom stereocenters. The van der Waals surface area contributed by atoms with E-state index in [0.717, 1.165) is 54.4 Å². The van der Waals surface area contributed by atoms with Crippen LogP contribution in [0, 0.1) is 5.92 Å². The number of anilines is 2. The number of hydrogen-bond acceptors (Lipinski definition) is 3. The highest BCUT2D eigenvalue weighted by atomic mass is 16.6. The number of amides is 1. The molecule has 0 spiro atoms. The molecular weight excluding hydrogens is 588 g/mol. The second kappa shape index (κ2) is 29.8. The summed E-state index contributed by atoms with van der Waals surface area (Å²) in [5, 5.41) is 0. The fourth-order valence-corrected chi connectivity index (χ4v) is 4.35. The third kappa shape index (κ3) is 21.6. The van der Waals surface area contributed by atoms with Crippen molar-refractivity contribution in [1.82, 2.24) is 0 Å². The van der Waals surface area contributed by atoms with Crippen molar-refractivity contribution in [3.8, 4) is 0 Å². The lowest BCUT2D eigenvalue weighted by atomic mass is 10.0. The fraction of sp³-hybridized carbons (Fsp3) is 0.568. The highest BCUT2D eigenvalue weighted by Crippen LogP contribution is 2.31. The second-order valence-electron chi connectivity index (χ2n) is 12.3. The third-order valence-corrected chi connectivity index (χ3v) is 7.20. The van der Waals surface area contributed by atoms with E-state index in [2.05, 4.69) is 89.5 Å². The van der Waals surface area contributed by atoms with Crippen molar-refractivity contribution in [3.05, 3.63) is 95.9 Å². The zero-order valence-corrected chi connectivity index (χ0v) is 34.3. The molecule has 0 radical (unpaired) electrons. The minimum atomic E-state index is -0.570. The molecule has 1 aliphatic carbocycles. The van der Waals surface area contributed by atoms with Crippen molar-refractivity contribution >= 4 is 17.5 Å². The third-order valence-electron chi connectivity index (χ3n) is 7.20. The molecule has 0 aliphatic heterocycles. The lowest BCUT2D eigenvalue weighted by molar-refractivity contribution is 0.0591. The van der Waals surface area contributed by atoms with E-state index in [4.69, 9.17) is 4.74 Å². The maximum atomic E-state index is 13.2. The van der Waals surface area contributed by atoms with Gasteiger partial charge in [-0.2, -0.15) is 0 Å². The second-order valence-corrected chi connectivity index (χ2v) is 12.3. The fourth-order valence-electron chi connectivity index (χ4n) is 4.35. The molecule has 0 fully saturated rings. The van der Waals surface area contributed by atoms with Gasteiger partial charge >= 0.3 is 6.09 Å². The van der Waals surface area contributed by atoms with Gasteiger partial charge in [-0.3, -0.25) is 4.90 Å². The topological polar surface area (TPSA) is 32.8 Å². The molecule has 4 nitrogen and oxygen atoms in total. The van der Waals surface area contributed by atoms with E-state index in [1.165, 1.54) is 30.4 Å². The Morgan fingerprint density at radius 2 is 1.50 bits per heavy atom. The number of allylic oxidation sites excluding steroid dienone is 10. The van der Waals surface area contributed by atoms with Crippen LogP contribution >= 0.6 is 0 Å². The first-order valence-electron chi connectivity index (χ1n) is 18.7. The van der Waals surface area contributed by atoms with Gasteiger partial charge in [0.05, 0.1) is 5.69 Å². The van der Waals surface area contributed by atoms with E-state index in [-0.39, 0.29) is 6.09 Å². The predicted octanol–water partition coefficient (Wildman–Crippen LogP) is 14.8. The summed E-state index contributed by atoms with van der Waals surface area (Å²) in [7, 11) is 2.01. The van der Waals surface area contributed by atoms with Crippen LogP contribution in [0.15, 0.2) is 95.9 Å². The summed E-state index contributed by atoms with van der Waals surface area (Å²) in [6, 6.07) is 8.01. The average molecular weight is 665 g/mol. The van der Waals surface area contributed by atoms with Crippen LogP contribution < -0.4 is 9.80 Å². The molecule has 1 aromatic rings. The molecule has 48 heavy (non-hydrogen) atoms. The smallest absolute Gasteiger partial charge is 0.419 e. The predicted molar refractivity (Wildman–Crippen MR) is 219 cm³/mol. The molecule has 4 heteroatoms. The molecule has 2 rings (SSSR count). The monoisotopic (exact) mass is 665 g/mol. The largest absolute Gasteiger partial charge is 0.443 e. The van der Waals surface area contributed by atoms with Gasteiger partial charge in [-0.1, -0.05) is 111 Å². The first-order chi connectivity index (χ1) is 22.9. The molecular formula is C44H76N2O2. The van der Waals surface area contributed by atoms with E-state index in [0.29, 0.717) is 0 Å². The Balaban J connectivity index is -0.00000114. The van der Waals surface area contributed by atoms with Gasteiger partial charge in [-0.25, -0.2) is 4.79 Å². The Hall–Kier alpha value is -3.27. The number of likely N-dealkylation sites (N-methyl/N-ethyl adjacent to an activating group) is 1. The number of nitrogens with zero attached hydrogens (tertiary/aromatic N) is 2. The minimum Gasteiger partial charge on any atom is -0.443 e. The molecule has 274 valence electrons. The maximum absolute atomic E-state index is 13.2. The first kappa shape index (κ1) is 49.1. The van der Waals surface area contributed by atoms with Crippen molar-refractivity contribution in [2.24, 2.45) is 5.92 Å². The van der Waals surface area contributed by atoms with Gasteiger partial charge < -0.3 is 9.64 Å². The zero-order chi connectivity index (χ0) is 37.7. The van der Waals surface area contributed by atoms with Gasteiger partial charge in [0, 0.05) is 24.1 Å². The van der Waals surface area contributed by atoms with Crippen LogP contribution in [0.2, 0.25) is 0 Å². The number of rotatable bonds is 11. The number of ether oxygens (including phenoxy) is 1. The summed E-state index contributed by atoms with van der Waals surface area (Å²) < 4.78 is 5.78. The molecule has 0 aromatic heterocycles. The molecule has 1 aromatic carbocycles. The van der Waals surface area contributed by atoms with Crippen LogP contribution in [0.25, 0.3) is 0 Å². The summed E-state index contributed by atoms with van der Waals surface area (Å²) in [6.45, 7) is 34.6. The standard InChI is InChI=1S/C29H40N2O2.C9H18.3C2H6/c1-9-23-12-11-13-26(17-15-23)31(28(32)33-29(5,6)7)27-20-18-25(19-21-27)30(8)24(10-2)16-14-22(3)4;1-4-6-7-8-9(3)5-2;3*1-2/h10,14-21H,2,9,11-13H2,1,3-8H3;4,6,9H,5,7-8H2,1-3H3;3*1-2H3/b24-16+;6-4-;;;. The molecule has 1 aliphatic rings. The van der Waals surface area contributed by atoms with Gasteiger partial charge in [0.15, 0.2) is 0 Å². The number of benzene rings is 1. The van der Waals surface area contributed by atoms with Crippen LogP contribution in [-0.4, -0.2) is 18.7 Å². The quantitative estimate of drug-likeness (QED) is 0.174. The van der Waals surface area contributed by atoms with E-state index >= 15 is 0 Å². The minimum absolute atomic E-state index is 0.349. The van der Waals surface area contributed by atoms with Crippen molar-refractivity contribution in [2.45, 2.75) is 154 Å². The van der Waals surface area contributed by atoms with Crippen LogP contribution in [-0.2, 0) is 4.74 Å². The van der Waals surface area contributed by atoms with Gasteiger partial charge in [0.2, 0.25) is 0 Å². The van der Waals surface area contributed by atoms with Crippen LogP contribution in [0.5, 0.6) is 0 Å². The molecule has 1 amide bonds. The van der Waals surface area contributed by atoms with E-state index in [1.54, 1.807) is 4.90 Å². The Bertz CT molecular complexity index is 1120. The first-order valence-corrected chi connectivity index (χ1v) is 18.7. The Morgan fingerprint density at radius 1 is 0.938 bits per heavy atom. The zero-order valence-electron chi connectivity index (χ0n) is 34.3. The maximum Gasteiger partial charge on any atom is 0.419 e. The van der Waals surface area contributed by atoms with E-state index in [9.17, 15) is 4.79 Å². The summed E-state index contributed by atoms with van der Waals surface area (Å²) >= 11 is 0. The lowest BCUT2D eigenvalue weighted by Crippen LogP contribution is -2.36. The summed E-state index contributed by atoms with van der Waals surface area (Å²) in [5.41, 5.74) is 5.84. The SMILES string of the molecule is C/C=C\CCC(C)CC.C=C/C(=C\C=C(C)C)N(C)c1ccc(N(C(=O)OC(C)(C)C)C2=CC=C(CC)CCC2)cc1.CC.CC.CC. The Morgan fingerprint density at radius 3 is 1.96 bits per heavy atom. The number of carbonyl (C=O) groups excluding carboxylic acids is 1. The highest BCUT2D eigenvalue weighted by molar-refractivity contribution is 5.91. The van der Waals surface area contributed by atoms with Crippen LogP contribution in [0.4, 0.5) is 16.2 Å². The van der Waals surface area contributed by atoms with Crippen molar-refractivity contribution < 1.29 is 9.53 Å². The molecule has 0 bridgehead atoms. The Labute approximate surface area is 299 Å². The lowest BCUT2D eigenvalue weighted by Gasteiger charge is -2.29. The summed E-state index contributed by atoms with van der Waals surface area (Å²) in [5.74, 6) is 0.904. The number of carbonyl (C=O) groups is 1. The number of hydrogen-bond donors (Lipinski definition) is 0. The molecule has 1 atom stereocenters.